The fourth-order valence-corrected chi connectivity index (χ4v) is 1.66. The van der Waals surface area contributed by atoms with Crippen LogP contribution in [0.3, 0.4) is 0 Å². The summed E-state index contributed by atoms with van der Waals surface area (Å²) in [5, 5.41) is 6.82. The standard InChI is InChI=1S/C14H21ClN2O/c1-4-10(2)16-9-14(18)17-11(3)12-5-7-13(15)8-6-12/h5-8,10-11,16H,4,9H2,1-3H3,(H,17,18)/t10?,11-/m0/s1. The first-order valence-corrected chi connectivity index (χ1v) is 6.69. The predicted molar refractivity (Wildman–Crippen MR) is 75.8 cm³/mol. The maximum absolute atomic E-state index is 11.7. The smallest absolute Gasteiger partial charge is 0.234 e. The van der Waals surface area contributed by atoms with E-state index in [4.69, 9.17) is 11.6 Å². The second kappa shape index (κ2) is 7.39. The van der Waals surface area contributed by atoms with Crippen LogP contribution in [0, 0.1) is 0 Å². The van der Waals surface area contributed by atoms with Crippen LogP contribution >= 0.6 is 11.6 Å². The third-order valence-corrected chi connectivity index (χ3v) is 3.22. The minimum absolute atomic E-state index is 0.00602. The molecule has 0 aliphatic heterocycles. The van der Waals surface area contributed by atoms with Gasteiger partial charge in [-0.1, -0.05) is 30.7 Å². The number of carbonyl (C=O) groups excluding carboxylic acids is 1. The van der Waals surface area contributed by atoms with Gasteiger partial charge in [0.05, 0.1) is 12.6 Å². The number of carbonyl (C=O) groups is 1. The van der Waals surface area contributed by atoms with Crippen LogP contribution in [-0.2, 0) is 4.79 Å². The highest BCUT2D eigenvalue weighted by Crippen LogP contribution is 2.15. The largest absolute Gasteiger partial charge is 0.348 e. The monoisotopic (exact) mass is 268 g/mol. The maximum atomic E-state index is 11.7. The van der Waals surface area contributed by atoms with E-state index in [0.29, 0.717) is 17.6 Å². The van der Waals surface area contributed by atoms with E-state index < -0.39 is 0 Å². The lowest BCUT2D eigenvalue weighted by Gasteiger charge is -2.16. The average molecular weight is 269 g/mol. The second-order valence-electron chi connectivity index (χ2n) is 4.53. The Kier molecular flexibility index (Phi) is 6.16. The number of halogens is 1. The van der Waals surface area contributed by atoms with Gasteiger partial charge in [0.25, 0.3) is 0 Å². The third kappa shape index (κ3) is 5.07. The molecule has 0 heterocycles. The zero-order valence-electron chi connectivity index (χ0n) is 11.2. The van der Waals surface area contributed by atoms with Crippen molar-refractivity contribution in [2.24, 2.45) is 0 Å². The molecule has 0 aliphatic carbocycles. The molecule has 2 N–H and O–H groups in total. The van der Waals surface area contributed by atoms with Gasteiger partial charge in [-0.15, -0.1) is 0 Å². The molecule has 0 aliphatic rings. The van der Waals surface area contributed by atoms with E-state index in [2.05, 4.69) is 24.5 Å². The van der Waals surface area contributed by atoms with Gasteiger partial charge in [0.1, 0.15) is 0 Å². The lowest BCUT2D eigenvalue weighted by molar-refractivity contribution is -0.121. The Morgan fingerprint density at radius 2 is 1.89 bits per heavy atom. The minimum atomic E-state index is -0.00602. The highest BCUT2D eigenvalue weighted by molar-refractivity contribution is 6.30. The first-order valence-electron chi connectivity index (χ1n) is 6.31. The number of hydrogen-bond donors (Lipinski definition) is 2. The molecular weight excluding hydrogens is 248 g/mol. The Morgan fingerprint density at radius 3 is 2.44 bits per heavy atom. The molecule has 100 valence electrons. The Bertz CT molecular complexity index is 378. The highest BCUT2D eigenvalue weighted by atomic mass is 35.5. The van der Waals surface area contributed by atoms with E-state index in [0.717, 1.165) is 12.0 Å². The van der Waals surface area contributed by atoms with Crippen molar-refractivity contribution in [3.63, 3.8) is 0 Å². The fraction of sp³-hybridized carbons (Fsp3) is 0.500. The molecule has 1 amide bonds. The molecule has 0 spiro atoms. The van der Waals surface area contributed by atoms with Gasteiger partial charge < -0.3 is 10.6 Å². The summed E-state index contributed by atoms with van der Waals surface area (Å²) in [7, 11) is 0. The van der Waals surface area contributed by atoms with Crippen LogP contribution in [0.5, 0.6) is 0 Å². The molecular formula is C14H21ClN2O. The Balaban J connectivity index is 2.42. The molecule has 2 atom stereocenters. The van der Waals surface area contributed by atoms with E-state index in [1.807, 2.05) is 31.2 Å². The Labute approximate surface area is 114 Å². The van der Waals surface area contributed by atoms with Crippen LogP contribution in [0.4, 0.5) is 0 Å². The van der Waals surface area contributed by atoms with Gasteiger partial charge in [-0.2, -0.15) is 0 Å². The molecule has 0 saturated carbocycles. The molecule has 0 aromatic heterocycles. The summed E-state index contributed by atoms with van der Waals surface area (Å²) < 4.78 is 0. The van der Waals surface area contributed by atoms with E-state index in [1.54, 1.807) is 0 Å². The van der Waals surface area contributed by atoms with E-state index in [9.17, 15) is 4.79 Å². The fourth-order valence-electron chi connectivity index (χ4n) is 1.54. The summed E-state index contributed by atoms with van der Waals surface area (Å²) in [4.78, 5) is 11.7. The van der Waals surface area contributed by atoms with Crippen molar-refractivity contribution in [2.75, 3.05) is 6.54 Å². The summed E-state index contributed by atoms with van der Waals surface area (Å²) in [6.07, 6.45) is 1.01. The number of nitrogens with one attached hydrogen (secondary N) is 2. The number of amides is 1. The Morgan fingerprint density at radius 1 is 1.28 bits per heavy atom. The predicted octanol–water partition coefficient (Wildman–Crippen LogP) is 2.91. The van der Waals surface area contributed by atoms with Gasteiger partial charge in [-0.3, -0.25) is 4.79 Å². The van der Waals surface area contributed by atoms with Crippen molar-refractivity contribution in [2.45, 2.75) is 39.3 Å². The van der Waals surface area contributed by atoms with E-state index in [1.165, 1.54) is 0 Å². The molecule has 1 aromatic rings. The summed E-state index contributed by atoms with van der Waals surface area (Å²) >= 11 is 5.83. The quantitative estimate of drug-likeness (QED) is 0.833. The van der Waals surface area contributed by atoms with Gasteiger partial charge in [0.2, 0.25) is 5.91 Å². The lowest BCUT2D eigenvalue weighted by Crippen LogP contribution is -2.38. The molecule has 1 unspecified atom stereocenters. The van der Waals surface area contributed by atoms with Gasteiger partial charge in [0, 0.05) is 11.1 Å². The van der Waals surface area contributed by atoms with Crippen molar-refractivity contribution < 1.29 is 4.79 Å². The summed E-state index contributed by atoms with van der Waals surface area (Å²) in [5.41, 5.74) is 1.05. The maximum Gasteiger partial charge on any atom is 0.234 e. The van der Waals surface area contributed by atoms with Crippen molar-refractivity contribution >= 4 is 17.5 Å². The second-order valence-corrected chi connectivity index (χ2v) is 4.97. The van der Waals surface area contributed by atoms with Gasteiger partial charge >= 0.3 is 0 Å². The average Bonchev–Trinajstić information content (AvgIpc) is 2.36. The molecule has 1 aromatic carbocycles. The zero-order valence-corrected chi connectivity index (χ0v) is 11.9. The minimum Gasteiger partial charge on any atom is -0.348 e. The first kappa shape index (κ1) is 15.0. The van der Waals surface area contributed by atoms with Crippen LogP contribution in [0.25, 0.3) is 0 Å². The van der Waals surface area contributed by atoms with Crippen molar-refractivity contribution in [3.8, 4) is 0 Å². The van der Waals surface area contributed by atoms with Crippen LogP contribution < -0.4 is 10.6 Å². The first-order chi connectivity index (χ1) is 8.52. The highest BCUT2D eigenvalue weighted by Gasteiger charge is 2.09. The summed E-state index contributed by atoms with van der Waals surface area (Å²) in [6.45, 7) is 6.47. The van der Waals surface area contributed by atoms with Crippen molar-refractivity contribution in [1.29, 1.82) is 0 Å². The van der Waals surface area contributed by atoms with Gasteiger partial charge in [-0.25, -0.2) is 0 Å². The molecule has 0 fully saturated rings. The molecule has 4 heteroatoms. The number of benzene rings is 1. The van der Waals surface area contributed by atoms with Crippen LogP contribution in [0.1, 0.15) is 38.8 Å². The zero-order chi connectivity index (χ0) is 13.5. The van der Waals surface area contributed by atoms with E-state index in [-0.39, 0.29) is 11.9 Å². The molecule has 0 saturated heterocycles. The normalized spacial score (nSPS) is 14.0. The molecule has 1 rings (SSSR count). The lowest BCUT2D eigenvalue weighted by atomic mass is 10.1. The van der Waals surface area contributed by atoms with E-state index >= 15 is 0 Å². The SMILES string of the molecule is CCC(C)NCC(=O)N[C@@H](C)c1ccc(Cl)cc1. The Hall–Kier alpha value is -1.06. The third-order valence-electron chi connectivity index (χ3n) is 2.97. The molecule has 0 bridgehead atoms. The van der Waals surface area contributed by atoms with Gasteiger partial charge in [-0.05, 0) is 38.0 Å². The summed E-state index contributed by atoms with van der Waals surface area (Å²) in [5.74, 6) is 0.0118. The van der Waals surface area contributed by atoms with Crippen LogP contribution in [0.15, 0.2) is 24.3 Å². The van der Waals surface area contributed by atoms with Crippen molar-refractivity contribution in [3.05, 3.63) is 34.9 Å². The molecule has 18 heavy (non-hydrogen) atoms. The number of rotatable bonds is 6. The summed E-state index contributed by atoms with van der Waals surface area (Å²) in [6, 6.07) is 7.87. The van der Waals surface area contributed by atoms with Crippen LogP contribution in [0.2, 0.25) is 5.02 Å². The molecule has 3 nitrogen and oxygen atoms in total. The number of hydrogen-bond acceptors (Lipinski definition) is 2. The molecule has 0 radical (unpaired) electrons. The van der Waals surface area contributed by atoms with Crippen LogP contribution in [-0.4, -0.2) is 18.5 Å². The topological polar surface area (TPSA) is 41.1 Å². The van der Waals surface area contributed by atoms with Gasteiger partial charge in [0.15, 0.2) is 0 Å². The van der Waals surface area contributed by atoms with Crippen molar-refractivity contribution in [1.82, 2.24) is 10.6 Å².